The molecule has 21 heavy (non-hydrogen) atoms. The molecule has 1 saturated heterocycles. The standard InChI is InChI=1S/C17H26N2OS/c1-2-19(13-10-15-6-4-3-5-7-15)17(20)14-21-16-8-11-18-12-9-16/h3-7,16,18H,2,8-14H2,1H3. The lowest BCUT2D eigenvalue weighted by molar-refractivity contribution is -0.128. The molecule has 0 unspecified atom stereocenters. The first-order valence-corrected chi connectivity index (χ1v) is 8.98. The number of rotatable bonds is 7. The number of amides is 1. The Morgan fingerprint density at radius 1 is 1.29 bits per heavy atom. The van der Waals surface area contributed by atoms with E-state index in [-0.39, 0.29) is 5.91 Å². The average molecular weight is 306 g/mol. The van der Waals surface area contributed by atoms with E-state index in [2.05, 4.69) is 36.5 Å². The summed E-state index contributed by atoms with van der Waals surface area (Å²) in [5.41, 5.74) is 1.30. The van der Waals surface area contributed by atoms with Crippen LogP contribution in [0, 0.1) is 0 Å². The van der Waals surface area contributed by atoms with Gasteiger partial charge in [-0.3, -0.25) is 4.79 Å². The summed E-state index contributed by atoms with van der Waals surface area (Å²) in [7, 11) is 0. The van der Waals surface area contributed by atoms with Crippen LogP contribution in [-0.4, -0.2) is 48.0 Å². The molecule has 0 atom stereocenters. The number of piperidine rings is 1. The number of hydrogen-bond donors (Lipinski definition) is 1. The van der Waals surface area contributed by atoms with Crippen molar-refractivity contribution in [2.24, 2.45) is 0 Å². The van der Waals surface area contributed by atoms with E-state index in [4.69, 9.17) is 0 Å². The number of likely N-dealkylation sites (N-methyl/N-ethyl adjacent to an activating group) is 1. The number of thioether (sulfide) groups is 1. The van der Waals surface area contributed by atoms with Gasteiger partial charge in [-0.15, -0.1) is 11.8 Å². The molecule has 0 radical (unpaired) electrons. The van der Waals surface area contributed by atoms with Crippen LogP contribution in [0.25, 0.3) is 0 Å². The Morgan fingerprint density at radius 3 is 2.67 bits per heavy atom. The number of carbonyl (C=O) groups excluding carboxylic acids is 1. The molecule has 0 bridgehead atoms. The maximum Gasteiger partial charge on any atom is 0.232 e. The highest BCUT2D eigenvalue weighted by molar-refractivity contribution is 8.00. The van der Waals surface area contributed by atoms with E-state index in [0.29, 0.717) is 11.0 Å². The summed E-state index contributed by atoms with van der Waals surface area (Å²) in [5, 5.41) is 4.02. The van der Waals surface area contributed by atoms with Crippen LogP contribution in [0.1, 0.15) is 25.3 Å². The smallest absolute Gasteiger partial charge is 0.232 e. The van der Waals surface area contributed by atoms with Gasteiger partial charge in [-0.05, 0) is 44.8 Å². The summed E-state index contributed by atoms with van der Waals surface area (Å²) in [6.07, 6.45) is 3.32. The van der Waals surface area contributed by atoms with Crippen molar-refractivity contribution in [1.82, 2.24) is 10.2 Å². The lowest BCUT2D eigenvalue weighted by Crippen LogP contribution is -2.35. The van der Waals surface area contributed by atoms with Crippen molar-refractivity contribution in [3.63, 3.8) is 0 Å². The maximum absolute atomic E-state index is 12.3. The first kappa shape index (κ1) is 16.4. The van der Waals surface area contributed by atoms with Gasteiger partial charge in [0.15, 0.2) is 0 Å². The van der Waals surface area contributed by atoms with E-state index >= 15 is 0 Å². The zero-order valence-corrected chi connectivity index (χ0v) is 13.7. The first-order valence-electron chi connectivity index (χ1n) is 7.93. The SMILES string of the molecule is CCN(CCc1ccccc1)C(=O)CSC1CCNCC1. The Balaban J connectivity index is 1.73. The van der Waals surface area contributed by atoms with Gasteiger partial charge in [-0.1, -0.05) is 30.3 Å². The lowest BCUT2D eigenvalue weighted by Gasteiger charge is -2.24. The fourth-order valence-electron chi connectivity index (χ4n) is 2.61. The molecule has 0 spiro atoms. The molecular weight excluding hydrogens is 280 g/mol. The quantitative estimate of drug-likeness (QED) is 0.840. The topological polar surface area (TPSA) is 32.3 Å². The van der Waals surface area contributed by atoms with Crippen molar-refractivity contribution in [2.75, 3.05) is 31.9 Å². The van der Waals surface area contributed by atoms with Crippen LogP contribution in [0.2, 0.25) is 0 Å². The van der Waals surface area contributed by atoms with Crippen molar-refractivity contribution >= 4 is 17.7 Å². The van der Waals surface area contributed by atoms with E-state index < -0.39 is 0 Å². The van der Waals surface area contributed by atoms with Gasteiger partial charge in [0.05, 0.1) is 5.75 Å². The Hall–Kier alpha value is -1.00. The highest BCUT2D eigenvalue weighted by Gasteiger charge is 2.17. The van der Waals surface area contributed by atoms with Crippen molar-refractivity contribution in [3.8, 4) is 0 Å². The molecule has 4 heteroatoms. The maximum atomic E-state index is 12.3. The molecule has 1 heterocycles. The third-order valence-corrected chi connectivity index (χ3v) is 5.33. The number of benzene rings is 1. The van der Waals surface area contributed by atoms with Crippen LogP contribution < -0.4 is 5.32 Å². The molecule has 1 aromatic carbocycles. The minimum absolute atomic E-state index is 0.289. The third kappa shape index (κ3) is 5.71. The van der Waals surface area contributed by atoms with Gasteiger partial charge in [-0.2, -0.15) is 0 Å². The molecule has 0 aromatic heterocycles. The second-order valence-electron chi connectivity index (χ2n) is 5.47. The molecule has 1 aliphatic heterocycles. The van der Waals surface area contributed by atoms with Gasteiger partial charge in [0.25, 0.3) is 0 Å². The van der Waals surface area contributed by atoms with Gasteiger partial charge < -0.3 is 10.2 Å². The highest BCUT2D eigenvalue weighted by atomic mass is 32.2. The van der Waals surface area contributed by atoms with Crippen LogP contribution in [0.4, 0.5) is 0 Å². The third-order valence-electron chi connectivity index (χ3n) is 3.98. The second-order valence-corrected chi connectivity index (χ2v) is 6.76. The van der Waals surface area contributed by atoms with E-state index in [9.17, 15) is 4.79 Å². The van der Waals surface area contributed by atoms with Crippen molar-refractivity contribution in [2.45, 2.75) is 31.4 Å². The Labute approximate surface area is 132 Å². The number of nitrogens with one attached hydrogen (secondary N) is 1. The molecule has 0 aliphatic carbocycles. The zero-order valence-electron chi connectivity index (χ0n) is 12.9. The van der Waals surface area contributed by atoms with Gasteiger partial charge in [-0.25, -0.2) is 0 Å². The molecule has 3 nitrogen and oxygen atoms in total. The van der Waals surface area contributed by atoms with Crippen molar-refractivity contribution < 1.29 is 4.79 Å². The normalized spacial score (nSPS) is 15.9. The van der Waals surface area contributed by atoms with Gasteiger partial charge >= 0.3 is 0 Å². The summed E-state index contributed by atoms with van der Waals surface area (Å²) in [6.45, 7) is 5.89. The molecule has 116 valence electrons. The zero-order chi connectivity index (χ0) is 14.9. The number of carbonyl (C=O) groups is 1. The minimum Gasteiger partial charge on any atom is -0.342 e. The van der Waals surface area contributed by atoms with Crippen LogP contribution in [0.5, 0.6) is 0 Å². The van der Waals surface area contributed by atoms with Gasteiger partial charge in [0.2, 0.25) is 5.91 Å². The fourth-order valence-corrected chi connectivity index (χ4v) is 3.74. The van der Waals surface area contributed by atoms with E-state index in [1.807, 2.05) is 22.7 Å². The van der Waals surface area contributed by atoms with Crippen LogP contribution in [0.15, 0.2) is 30.3 Å². The molecule has 1 aromatic rings. The largest absolute Gasteiger partial charge is 0.342 e. The number of hydrogen-bond acceptors (Lipinski definition) is 3. The monoisotopic (exact) mass is 306 g/mol. The first-order chi connectivity index (χ1) is 10.3. The Morgan fingerprint density at radius 2 is 2.00 bits per heavy atom. The van der Waals surface area contributed by atoms with Crippen molar-refractivity contribution in [1.29, 1.82) is 0 Å². The predicted octanol–water partition coefficient (Wildman–Crippen LogP) is 2.56. The average Bonchev–Trinajstić information content (AvgIpc) is 2.55. The van der Waals surface area contributed by atoms with Crippen LogP contribution >= 0.6 is 11.8 Å². The van der Waals surface area contributed by atoms with E-state index in [1.165, 1.54) is 18.4 Å². The second kappa shape index (κ2) is 9.11. The molecule has 1 fully saturated rings. The molecular formula is C17H26N2OS. The van der Waals surface area contributed by atoms with Crippen LogP contribution in [-0.2, 0) is 11.2 Å². The van der Waals surface area contributed by atoms with Crippen LogP contribution in [0.3, 0.4) is 0 Å². The van der Waals surface area contributed by atoms with Crippen molar-refractivity contribution in [3.05, 3.63) is 35.9 Å². The van der Waals surface area contributed by atoms with Gasteiger partial charge in [0, 0.05) is 18.3 Å². The Bertz CT molecular complexity index is 418. The molecule has 2 rings (SSSR count). The summed E-state index contributed by atoms with van der Waals surface area (Å²) < 4.78 is 0. The van der Waals surface area contributed by atoms with E-state index in [1.54, 1.807) is 0 Å². The fraction of sp³-hybridized carbons (Fsp3) is 0.588. The van der Waals surface area contributed by atoms with E-state index in [0.717, 1.165) is 32.6 Å². The minimum atomic E-state index is 0.289. The summed E-state index contributed by atoms with van der Waals surface area (Å²) in [4.78, 5) is 14.3. The molecule has 0 saturated carbocycles. The molecule has 1 aliphatic rings. The van der Waals surface area contributed by atoms with Gasteiger partial charge in [0.1, 0.15) is 0 Å². The highest BCUT2D eigenvalue weighted by Crippen LogP contribution is 2.20. The summed E-state index contributed by atoms with van der Waals surface area (Å²) >= 11 is 1.84. The summed E-state index contributed by atoms with van der Waals surface area (Å²) in [6, 6.07) is 10.4. The Kier molecular flexibility index (Phi) is 7.10. The molecule has 1 N–H and O–H groups in total. The predicted molar refractivity (Wildman–Crippen MR) is 90.7 cm³/mol. The number of nitrogens with zero attached hydrogens (tertiary/aromatic N) is 1. The molecule has 1 amide bonds. The summed E-state index contributed by atoms with van der Waals surface area (Å²) in [5.74, 6) is 0.921. The lowest BCUT2D eigenvalue weighted by atomic mass is 10.1.